The van der Waals surface area contributed by atoms with Crippen molar-refractivity contribution >= 4 is 11.7 Å². The van der Waals surface area contributed by atoms with Crippen molar-refractivity contribution in [1.29, 1.82) is 0 Å². The van der Waals surface area contributed by atoms with Crippen molar-refractivity contribution in [3.8, 4) is 0 Å². The largest absolute Gasteiger partial charge is 0.383 e. The number of nitrogen functional groups attached to an aromatic ring is 1. The predicted octanol–water partition coefficient (Wildman–Crippen LogP) is 1.80. The molecule has 2 aliphatic rings. The number of amides is 1. The topological polar surface area (TPSA) is 80.0 Å². The molecule has 0 unspecified atom stereocenters. The summed E-state index contributed by atoms with van der Waals surface area (Å²) in [6.07, 6.45) is 6.72. The maximum Gasteiger partial charge on any atom is 0.255 e. The van der Waals surface area contributed by atoms with Crippen LogP contribution >= 0.6 is 0 Å². The van der Waals surface area contributed by atoms with Gasteiger partial charge in [-0.3, -0.25) is 4.79 Å². The van der Waals surface area contributed by atoms with Gasteiger partial charge in [-0.1, -0.05) is 12.8 Å². The van der Waals surface area contributed by atoms with Gasteiger partial charge in [-0.2, -0.15) is 0 Å². The van der Waals surface area contributed by atoms with E-state index in [1.54, 1.807) is 0 Å². The Morgan fingerprint density at radius 3 is 2.57 bits per heavy atom. The molecule has 1 amide bonds. The molecule has 21 heavy (non-hydrogen) atoms. The third-order valence-electron chi connectivity index (χ3n) is 4.64. The van der Waals surface area contributed by atoms with E-state index in [9.17, 15) is 4.79 Å². The molecule has 0 bridgehead atoms. The highest BCUT2D eigenvalue weighted by atomic mass is 16.1. The molecule has 0 atom stereocenters. The lowest BCUT2D eigenvalue weighted by atomic mass is 9.94. The van der Waals surface area contributed by atoms with Gasteiger partial charge < -0.3 is 16.4 Å². The fraction of sp³-hybridized carbons (Fsp3) is 0.625. The van der Waals surface area contributed by atoms with Crippen LogP contribution in [0.2, 0.25) is 0 Å². The fourth-order valence-corrected chi connectivity index (χ4v) is 3.36. The van der Waals surface area contributed by atoms with Crippen LogP contribution in [-0.2, 0) is 0 Å². The van der Waals surface area contributed by atoms with Crippen molar-refractivity contribution in [2.45, 2.75) is 50.5 Å². The van der Waals surface area contributed by atoms with Crippen LogP contribution in [0.5, 0.6) is 0 Å². The molecule has 1 aromatic heterocycles. The molecule has 1 aliphatic heterocycles. The summed E-state index contributed by atoms with van der Waals surface area (Å²) in [4.78, 5) is 16.7. The summed E-state index contributed by atoms with van der Waals surface area (Å²) in [5, 5.41) is 6.41. The number of hydrogen-bond acceptors (Lipinski definition) is 4. The summed E-state index contributed by atoms with van der Waals surface area (Å²) in [6.45, 7) is 2.05. The van der Waals surface area contributed by atoms with Crippen molar-refractivity contribution in [3.63, 3.8) is 0 Å². The van der Waals surface area contributed by atoms with Crippen molar-refractivity contribution in [2.24, 2.45) is 0 Å². The smallest absolute Gasteiger partial charge is 0.255 e. The zero-order valence-electron chi connectivity index (χ0n) is 12.4. The summed E-state index contributed by atoms with van der Waals surface area (Å²) >= 11 is 0. The van der Waals surface area contributed by atoms with Crippen LogP contribution in [0.1, 0.15) is 60.5 Å². The van der Waals surface area contributed by atoms with E-state index in [2.05, 4.69) is 15.6 Å². The third-order valence-corrected chi connectivity index (χ3v) is 4.64. The maximum atomic E-state index is 12.3. The van der Waals surface area contributed by atoms with Gasteiger partial charge in [-0.15, -0.1) is 0 Å². The van der Waals surface area contributed by atoms with E-state index in [1.165, 1.54) is 12.8 Å². The maximum absolute atomic E-state index is 12.3. The van der Waals surface area contributed by atoms with Crippen LogP contribution in [0.4, 0.5) is 5.82 Å². The number of carbonyl (C=O) groups excluding carboxylic acids is 1. The van der Waals surface area contributed by atoms with Gasteiger partial charge >= 0.3 is 0 Å². The lowest BCUT2D eigenvalue weighted by Crippen LogP contribution is -2.33. The minimum absolute atomic E-state index is 0.0799. The monoisotopic (exact) mass is 288 g/mol. The predicted molar refractivity (Wildman–Crippen MR) is 83.2 cm³/mol. The third kappa shape index (κ3) is 3.35. The number of nitrogens with one attached hydrogen (secondary N) is 2. The van der Waals surface area contributed by atoms with Crippen molar-refractivity contribution in [2.75, 3.05) is 18.8 Å². The summed E-state index contributed by atoms with van der Waals surface area (Å²) in [5.74, 6) is 0.741. The van der Waals surface area contributed by atoms with E-state index in [0.29, 0.717) is 23.3 Å². The first-order valence-corrected chi connectivity index (χ1v) is 8.02. The number of rotatable bonds is 3. The quantitative estimate of drug-likeness (QED) is 0.792. The molecular weight excluding hydrogens is 264 g/mol. The molecule has 0 radical (unpaired) electrons. The van der Waals surface area contributed by atoms with Crippen LogP contribution in [0.15, 0.2) is 12.1 Å². The number of hydrogen-bond donors (Lipinski definition) is 3. The molecule has 5 heteroatoms. The Hall–Kier alpha value is -1.62. The number of pyridine rings is 1. The Labute approximate surface area is 125 Å². The van der Waals surface area contributed by atoms with E-state index in [4.69, 9.17) is 5.73 Å². The number of carbonyl (C=O) groups is 1. The van der Waals surface area contributed by atoms with Gasteiger partial charge in [0.05, 0.1) is 5.56 Å². The SMILES string of the molecule is Nc1nc(C2CCNCC2)ccc1C(=O)NC1CCCC1. The molecule has 3 rings (SSSR count). The van der Waals surface area contributed by atoms with Crippen molar-refractivity contribution < 1.29 is 4.79 Å². The first-order chi connectivity index (χ1) is 10.2. The second kappa shape index (κ2) is 6.43. The number of aromatic nitrogens is 1. The Morgan fingerprint density at radius 2 is 1.90 bits per heavy atom. The molecule has 1 aliphatic carbocycles. The molecular formula is C16H24N4O. The lowest BCUT2D eigenvalue weighted by molar-refractivity contribution is 0.0938. The summed E-state index contributed by atoms with van der Waals surface area (Å²) in [6, 6.07) is 4.11. The molecule has 4 N–H and O–H groups in total. The Bertz CT molecular complexity index is 505. The Balaban J connectivity index is 1.69. The number of nitrogens with zero attached hydrogens (tertiary/aromatic N) is 1. The van der Waals surface area contributed by atoms with E-state index in [0.717, 1.165) is 44.5 Å². The molecule has 1 saturated heterocycles. The van der Waals surface area contributed by atoms with E-state index < -0.39 is 0 Å². The average Bonchev–Trinajstić information content (AvgIpc) is 3.01. The van der Waals surface area contributed by atoms with Crippen LogP contribution in [0, 0.1) is 0 Å². The first-order valence-electron chi connectivity index (χ1n) is 8.02. The normalized spacial score (nSPS) is 20.6. The summed E-state index contributed by atoms with van der Waals surface area (Å²) < 4.78 is 0. The Morgan fingerprint density at radius 1 is 1.19 bits per heavy atom. The van der Waals surface area contributed by atoms with Gasteiger partial charge in [-0.05, 0) is 50.9 Å². The standard InChI is InChI=1S/C16H24N4O/c17-15-13(16(21)19-12-3-1-2-4-12)5-6-14(20-15)11-7-9-18-10-8-11/h5-6,11-12,18H,1-4,7-10H2,(H2,17,20)(H,19,21). The zero-order chi connectivity index (χ0) is 14.7. The molecule has 5 nitrogen and oxygen atoms in total. The van der Waals surface area contributed by atoms with E-state index in [1.807, 2.05) is 12.1 Å². The molecule has 0 spiro atoms. The Kier molecular flexibility index (Phi) is 4.39. The van der Waals surface area contributed by atoms with Gasteiger partial charge in [0.25, 0.3) is 5.91 Å². The van der Waals surface area contributed by atoms with Crippen LogP contribution < -0.4 is 16.4 Å². The molecule has 114 valence electrons. The minimum Gasteiger partial charge on any atom is -0.383 e. The lowest BCUT2D eigenvalue weighted by Gasteiger charge is -2.22. The molecule has 1 saturated carbocycles. The average molecular weight is 288 g/mol. The van der Waals surface area contributed by atoms with Gasteiger partial charge in [0, 0.05) is 17.7 Å². The van der Waals surface area contributed by atoms with Crippen LogP contribution in [-0.4, -0.2) is 30.0 Å². The molecule has 0 aromatic carbocycles. The minimum atomic E-state index is -0.0799. The first kappa shape index (κ1) is 14.3. The van der Waals surface area contributed by atoms with E-state index >= 15 is 0 Å². The van der Waals surface area contributed by atoms with Gasteiger partial charge in [0.2, 0.25) is 0 Å². The van der Waals surface area contributed by atoms with Gasteiger partial charge in [0.1, 0.15) is 5.82 Å². The second-order valence-electron chi connectivity index (χ2n) is 6.15. The number of anilines is 1. The highest BCUT2D eigenvalue weighted by Gasteiger charge is 2.21. The van der Waals surface area contributed by atoms with Crippen molar-refractivity contribution in [3.05, 3.63) is 23.4 Å². The van der Waals surface area contributed by atoms with Crippen LogP contribution in [0.25, 0.3) is 0 Å². The summed E-state index contributed by atoms with van der Waals surface area (Å²) in [5.41, 5.74) is 7.55. The fourth-order valence-electron chi connectivity index (χ4n) is 3.36. The number of piperidine rings is 1. The van der Waals surface area contributed by atoms with Crippen LogP contribution in [0.3, 0.4) is 0 Å². The van der Waals surface area contributed by atoms with Gasteiger partial charge in [0.15, 0.2) is 0 Å². The molecule has 1 aromatic rings. The molecule has 2 heterocycles. The zero-order valence-corrected chi connectivity index (χ0v) is 12.4. The highest BCUT2D eigenvalue weighted by molar-refractivity contribution is 5.98. The van der Waals surface area contributed by atoms with E-state index in [-0.39, 0.29) is 5.91 Å². The second-order valence-corrected chi connectivity index (χ2v) is 6.15. The summed E-state index contributed by atoms with van der Waals surface area (Å²) in [7, 11) is 0. The van der Waals surface area contributed by atoms with Gasteiger partial charge in [-0.25, -0.2) is 4.98 Å². The highest BCUT2D eigenvalue weighted by Crippen LogP contribution is 2.25. The number of nitrogens with two attached hydrogens (primary N) is 1. The molecule has 2 fully saturated rings. The van der Waals surface area contributed by atoms with Crippen molar-refractivity contribution in [1.82, 2.24) is 15.6 Å².